The summed E-state index contributed by atoms with van der Waals surface area (Å²) in [4.78, 5) is 27.5. The summed E-state index contributed by atoms with van der Waals surface area (Å²) in [6.07, 6.45) is 3.47. The molecule has 26 heavy (non-hydrogen) atoms. The standard InChI is InChI=1S/C18H20ClN5O2/c1-13-12-26-16-11-14(19)3-4-15(16)24(13)18(25)23-9-7-22(8-10-23)17-20-5-2-6-21-17/h2-6,11,13H,7-10,12H2,1H3. The Morgan fingerprint density at radius 3 is 2.65 bits per heavy atom. The molecule has 0 bridgehead atoms. The molecule has 0 radical (unpaired) electrons. The van der Waals surface area contributed by atoms with Gasteiger partial charge in [-0.05, 0) is 25.1 Å². The molecule has 7 nitrogen and oxygen atoms in total. The molecule has 0 aliphatic carbocycles. The summed E-state index contributed by atoms with van der Waals surface area (Å²) >= 11 is 6.05. The van der Waals surface area contributed by atoms with Crippen LogP contribution >= 0.6 is 11.6 Å². The summed E-state index contributed by atoms with van der Waals surface area (Å²) in [5.41, 5.74) is 0.770. The van der Waals surface area contributed by atoms with E-state index in [0.29, 0.717) is 49.5 Å². The van der Waals surface area contributed by atoms with E-state index in [9.17, 15) is 4.79 Å². The second kappa shape index (κ2) is 6.99. The van der Waals surface area contributed by atoms with Gasteiger partial charge in [0.1, 0.15) is 12.4 Å². The summed E-state index contributed by atoms with van der Waals surface area (Å²) < 4.78 is 5.74. The Kier molecular flexibility index (Phi) is 4.55. The number of anilines is 2. The molecule has 2 aromatic rings. The number of hydrogen-bond donors (Lipinski definition) is 0. The molecule has 0 spiro atoms. The number of carbonyl (C=O) groups excluding carboxylic acids is 1. The van der Waals surface area contributed by atoms with Gasteiger partial charge in [0.25, 0.3) is 0 Å². The van der Waals surface area contributed by atoms with Crippen LogP contribution in [0.5, 0.6) is 5.75 Å². The molecule has 1 atom stereocenters. The van der Waals surface area contributed by atoms with Crippen LogP contribution in [-0.4, -0.2) is 59.7 Å². The number of halogens is 1. The van der Waals surface area contributed by atoms with Gasteiger partial charge in [-0.3, -0.25) is 4.90 Å². The number of hydrogen-bond acceptors (Lipinski definition) is 5. The first-order valence-electron chi connectivity index (χ1n) is 8.66. The Hall–Kier alpha value is -2.54. The molecule has 1 fully saturated rings. The third kappa shape index (κ3) is 3.14. The highest BCUT2D eigenvalue weighted by Gasteiger charge is 2.34. The van der Waals surface area contributed by atoms with Crippen molar-refractivity contribution in [2.45, 2.75) is 13.0 Å². The Labute approximate surface area is 157 Å². The highest BCUT2D eigenvalue weighted by Crippen LogP contribution is 2.36. The third-order valence-corrected chi connectivity index (χ3v) is 4.93. The number of urea groups is 1. The predicted molar refractivity (Wildman–Crippen MR) is 100 cm³/mol. The van der Waals surface area contributed by atoms with Crippen LogP contribution in [0.4, 0.5) is 16.4 Å². The molecule has 1 unspecified atom stereocenters. The van der Waals surface area contributed by atoms with Gasteiger partial charge >= 0.3 is 6.03 Å². The summed E-state index contributed by atoms with van der Waals surface area (Å²) in [5.74, 6) is 1.36. The van der Waals surface area contributed by atoms with Crippen LogP contribution in [0.1, 0.15) is 6.92 Å². The molecule has 1 aromatic carbocycles. The van der Waals surface area contributed by atoms with Gasteiger partial charge in [0.2, 0.25) is 5.95 Å². The number of fused-ring (bicyclic) bond motifs is 1. The monoisotopic (exact) mass is 373 g/mol. The van der Waals surface area contributed by atoms with Crippen molar-refractivity contribution in [2.75, 3.05) is 42.6 Å². The Bertz CT molecular complexity index is 795. The van der Waals surface area contributed by atoms with E-state index in [1.807, 2.05) is 22.8 Å². The van der Waals surface area contributed by atoms with E-state index >= 15 is 0 Å². The Balaban J connectivity index is 1.49. The summed E-state index contributed by atoms with van der Waals surface area (Å²) in [6, 6.07) is 7.15. The molecular weight excluding hydrogens is 354 g/mol. The lowest BCUT2D eigenvalue weighted by Crippen LogP contribution is -2.56. The normalized spacial score (nSPS) is 19.8. The molecule has 3 heterocycles. The number of ether oxygens (including phenoxy) is 1. The first-order valence-corrected chi connectivity index (χ1v) is 9.04. The molecule has 2 aliphatic rings. The minimum atomic E-state index is -0.0355. The van der Waals surface area contributed by atoms with E-state index in [2.05, 4.69) is 14.9 Å². The summed E-state index contributed by atoms with van der Waals surface area (Å²) in [6.45, 7) is 5.12. The first kappa shape index (κ1) is 16.9. The van der Waals surface area contributed by atoms with Crippen molar-refractivity contribution >= 4 is 29.3 Å². The van der Waals surface area contributed by atoms with Crippen LogP contribution in [0.2, 0.25) is 5.02 Å². The molecule has 0 saturated carbocycles. The van der Waals surface area contributed by atoms with Crippen LogP contribution < -0.4 is 14.5 Å². The van der Waals surface area contributed by atoms with Crippen molar-refractivity contribution in [3.63, 3.8) is 0 Å². The molecule has 2 aliphatic heterocycles. The smallest absolute Gasteiger partial charge is 0.325 e. The average Bonchev–Trinajstić information content (AvgIpc) is 2.68. The quantitative estimate of drug-likeness (QED) is 0.769. The van der Waals surface area contributed by atoms with Crippen molar-refractivity contribution in [3.8, 4) is 5.75 Å². The number of amides is 2. The fourth-order valence-electron chi connectivity index (χ4n) is 3.32. The highest BCUT2D eigenvalue weighted by molar-refractivity contribution is 6.30. The van der Waals surface area contributed by atoms with Crippen molar-refractivity contribution in [2.24, 2.45) is 0 Å². The second-order valence-corrected chi connectivity index (χ2v) is 6.88. The molecule has 1 aromatic heterocycles. The van der Waals surface area contributed by atoms with E-state index in [1.54, 1.807) is 30.6 Å². The lowest BCUT2D eigenvalue weighted by atomic mass is 10.1. The van der Waals surface area contributed by atoms with Gasteiger partial charge in [0, 0.05) is 49.7 Å². The highest BCUT2D eigenvalue weighted by atomic mass is 35.5. The lowest BCUT2D eigenvalue weighted by Gasteiger charge is -2.41. The first-order chi connectivity index (χ1) is 12.6. The molecule has 0 N–H and O–H groups in total. The molecular formula is C18H20ClN5O2. The van der Waals surface area contributed by atoms with Gasteiger partial charge in [0.05, 0.1) is 11.7 Å². The predicted octanol–water partition coefficient (Wildman–Crippen LogP) is 2.66. The van der Waals surface area contributed by atoms with Crippen LogP contribution in [-0.2, 0) is 0 Å². The third-order valence-electron chi connectivity index (χ3n) is 4.69. The molecule has 1 saturated heterocycles. The minimum Gasteiger partial charge on any atom is -0.489 e. The number of carbonyl (C=O) groups is 1. The molecule has 2 amide bonds. The maximum atomic E-state index is 13.2. The minimum absolute atomic E-state index is 0.00185. The van der Waals surface area contributed by atoms with E-state index < -0.39 is 0 Å². The summed E-state index contributed by atoms with van der Waals surface area (Å²) in [7, 11) is 0. The van der Waals surface area contributed by atoms with Crippen molar-refractivity contribution < 1.29 is 9.53 Å². The van der Waals surface area contributed by atoms with Gasteiger partial charge in [-0.2, -0.15) is 0 Å². The Morgan fingerprint density at radius 1 is 1.19 bits per heavy atom. The van der Waals surface area contributed by atoms with E-state index in [1.165, 1.54) is 0 Å². The van der Waals surface area contributed by atoms with E-state index in [4.69, 9.17) is 16.3 Å². The largest absolute Gasteiger partial charge is 0.489 e. The fraction of sp³-hybridized carbons (Fsp3) is 0.389. The Morgan fingerprint density at radius 2 is 1.92 bits per heavy atom. The number of aromatic nitrogens is 2. The topological polar surface area (TPSA) is 61.8 Å². The zero-order valence-corrected chi connectivity index (χ0v) is 15.3. The maximum Gasteiger partial charge on any atom is 0.325 e. The number of rotatable bonds is 1. The fourth-order valence-corrected chi connectivity index (χ4v) is 3.48. The maximum absolute atomic E-state index is 13.2. The second-order valence-electron chi connectivity index (χ2n) is 6.45. The molecule has 8 heteroatoms. The van der Waals surface area contributed by atoms with Gasteiger partial charge in [0.15, 0.2) is 0 Å². The zero-order chi connectivity index (χ0) is 18.1. The lowest BCUT2D eigenvalue weighted by molar-refractivity contribution is 0.190. The molecule has 136 valence electrons. The van der Waals surface area contributed by atoms with E-state index in [0.717, 1.165) is 5.69 Å². The SMILES string of the molecule is CC1COc2cc(Cl)ccc2N1C(=O)N1CCN(c2ncccn2)CC1. The van der Waals surface area contributed by atoms with Gasteiger partial charge < -0.3 is 14.5 Å². The molecule has 4 rings (SSSR count). The van der Waals surface area contributed by atoms with Crippen molar-refractivity contribution in [1.29, 1.82) is 0 Å². The zero-order valence-electron chi connectivity index (χ0n) is 14.5. The van der Waals surface area contributed by atoms with Crippen LogP contribution in [0, 0.1) is 0 Å². The summed E-state index contributed by atoms with van der Waals surface area (Å²) in [5, 5.41) is 0.599. The van der Waals surface area contributed by atoms with Crippen LogP contribution in [0.15, 0.2) is 36.7 Å². The number of nitrogens with zero attached hydrogens (tertiary/aromatic N) is 5. The van der Waals surface area contributed by atoms with Crippen LogP contribution in [0.25, 0.3) is 0 Å². The van der Waals surface area contributed by atoms with Gasteiger partial charge in [-0.1, -0.05) is 11.6 Å². The van der Waals surface area contributed by atoms with Crippen molar-refractivity contribution in [3.05, 3.63) is 41.7 Å². The van der Waals surface area contributed by atoms with Crippen molar-refractivity contribution in [1.82, 2.24) is 14.9 Å². The number of benzene rings is 1. The van der Waals surface area contributed by atoms with E-state index in [-0.39, 0.29) is 12.1 Å². The number of piperazine rings is 1. The van der Waals surface area contributed by atoms with Crippen LogP contribution in [0.3, 0.4) is 0 Å². The van der Waals surface area contributed by atoms with Gasteiger partial charge in [-0.25, -0.2) is 14.8 Å². The average molecular weight is 374 g/mol. The van der Waals surface area contributed by atoms with Gasteiger partial charge in [-0.15, -0.1) is 0 Å².